The van der Waals surface area contributed by atoms with E-state index in [9.17, 15) is 9.50 Å². The first-order valence-corrected chi connectivity index (χ1v) is 7.80. The van der Waals surface area contributed by atoms with Gasteiger partial charge in [-0.3, -0.25) is 0 Å². The summed E-state index contributed by atoms with van der Waals surface area (Å²) in [5.74, 6) is -0.370. The number of hydrogen-bond donors (Lipinski definition) is 1. The van der Waals surface area contributed by atoms with Gasteiger partial charge < -0.3 is 5.11 Å². The van der Waals surface area contributed by atoms with Gasteiger partial charge in [0.1, 0.15) is 5.82 Å². The van der Waals surface area contributed by atoms with Crippen molar-refractivity contribution in [1.82, 2.24) is 0 Å². The van der Waals surface area contributed by atoms with E-state index in [4.69, 9.17) is 11.6 Å². The lowest BCUT2D eigenvalue weighted by Crippen LogP contribution is -2.01. The lowest BCUT2D eigenvalue weighted by atomic mass is 10.1. The van der Waals surface area contributed by atoms with Gasteiger partial charge in [0.25, 0.3) is 0 Å². The smallest absolute Gasteiger partial charge is 0.127 e. The lowest BCUT2D eigenvalue weighted by molar-refractivity contribution is 0.181. The highest BCUT2D eigenvalue weighted by molar-refractivity contribution is 7.26. The van der Waals surface area contributed by atoms with Crippen LogP contribution in [0.1, 0.15) is 16.5 Å². The molecule has 2 heterocycles. The standard InChI is InChI=1S/C14H10ClFOS2/c15-9-2-1-8(10(16)6-9)5-11(17)13-7-14-12(19-13)3-4-18-14/h1-4,6-7,11,17H,5H2. The largest absolute Gasteiger partial charge is 0.387 e. The summed E-state index contributed by atoms with van der Waals surface area (Å²) in [4.78, 5) is 0.871. The van der Waals surface area contributed by atoms with Crippen LogP contribution in [0.4, 0.5) is 4.39 Å². The van der Waals surface area contributed by atoms with E-state index in [1.165, 1.54) is 6.07 Å². The van der Waals surface area contributed by atoms with Crippen LogP contribution in [0.5, 0.6) is 0 Å². The van der Waals surface area contributed by atoms with Gasteiger partial charge in [0.05, 0.1) is 6.10 Å². The monoisotopic (exact) mass is 312 g/mol. The molecule has 0 aliphatic carbocycles. The summed E-state index contributed by atoms with van der Waals surface area (Å²) in [6.07, 6.45) is -0.420. The molecule has 0 amide bonds. The second-order valence-electron chi connectivity index (χ2n) is 4.25. The van der Waals surface area contributed by atoms with Gasteiger partial charge in [-0.15, -0.1) is 22.7 Å². The maximum atomic E-state index is 13.7. The van der Waals surface area contributed by atoms with Gasteiger partial charge in [0.15, 0.2) is 0 Å². The average Bonchev–Trinajstić information content (AvgIpc) is 2.93. The number of rotatable bonds is 3. The highest BCUT2D eigenvalue weighted by atomic mass is 35.5. The van der Waals surface area contributed by atoms with E-state index in [0.717, 1.165) is 14.3 Å². The van der Waals surface area contributed by atoms with E-state index in [0.29, 0.717) is 10.6 Å². The van der Waals surface area contributed by atoms with Crippen molar-refractivity contribution in [2.75, 3.05) is 0 Å². The Hall–Kier alpha value is -0.940. The van der Waals surface area contributed by atoms with E-state index in [-0.39, 0.29) is 12.2 Å². The van der Waals surface area contributed by atoms with Gasteiger partial charge in [0.2, 0.25) is 0 Å². The third-order valence-corrected chi connectivity index (χ3v) is 5.34. The Kier molecular flexibility index (Phi) is 3.58. The Labute approximate surface area is 122 Å². The zero-order chi connectivity index (χ0) is 13.4. The topological polar surface area (TPSA) is 20.2 Å². The Bertz CT molecular complexity index is 691. The molecule has 0 radical (unpaired) electrons. The SMILES string of the molecule is OC(Cc1ccc(Cl)cc1F)c1cc2sccc2s1. The number of benzene rings is 1. The molecule has 0 aliphatic heterocycles. The summed E-state index contributed by atoms with van der Waals surface area (Å²) < 4.78 is 16.0. The van der Waals surface area contributed by atoms with Crippen molar-refractivity contribution in [2.45, 2.75) is 12.5 Å². The zero-order valence-corrected chi connectivity index (χ0v) is 12.2. The quantitative estimate of drug-likeness (QED) is 0.719. The number of thiophene rings is 2. The van der Waals surface area contributed by atoms with E-state index < -0.39 is 6.10 Å². The molecule has 0 saturated heterocycles. The predicted octanol–water partition coefficient (Wildman–Crippen LogP) is 5.03. The van der Waals surface area contributed by atoms with Crippen LogP contribution in [0.3, 0.4) is 0 Å². The van der Waals surface area contributed by atoms with Crippen molar-refractivity contribution < 1.29 is 9.50 Å². The number of aliphatic hydroxyl groups is 1. The number of hydrogen-bond acceptors (Lipinski definition) is 3. The molecule has 3 rings (SSSR count). The molecular formula is C14H10ClFOS2. The molecule has 2 aromatic heterocycles. The minimum absolute atomic E-state index is 0.261. The van der Waals surface area contributed by atoms with E-state index in [2.05, 4.69) is 0 Å². The minimum atomic E-state index is -0.680. The molecule has 1 unspecified atom stereocenters. The first kappa shape index (κ1) is 13.1. The Morgan fingerprint density at radius 1 is 1.21 bits per heavy atom. The average molecular weight is 313 g/mol. The molecule has 98 valence electrons. The van der Waals surface area contributed by atoms with Gasteiger partial charge in [-0.2, -0.15) is 0 Å². The first-order chi connectivity index (χ1) is 9.13. The normalized spacial score (nSPS) is 13.0. The molecule has 1 aromatic carbocycles. The minimum Gasteiger partial charge on any atom is -0.387 e. The molecule has 3 aromatic rings. The number of aliphatic hydroxyl groups excluding tert-OH is 1. The second-order valence-corrected chi connectivity index (χ2v) is 6.75. The summed E-state index contributed by atoms with van der Waals surface area (Å²) in [5, 5.41) is 12.6. The van der Waals surface area contributed by atoms with Crippen LogP contribution < -0.4 is 0 Å². The summed E-state index contributed by atoms with van der Waals surface area (Å²) in [6.45, 7) is 0. The Balaban J connectivity index is 1.84. The molecule has 0 saturated carbocycles. The Morgan fingerprint density at radius 3 is 2.79 bits per heavy atom. The second kappa shape index (κ2) is 5.21. The van der Waals surface area contributed by atoms with Crippen molar-refractivity contribution in [3.8, 4) is 0 Å². The molecule has 1 atom stereocenters. The van der Waals surface area contributed by atoms with Crippen LogP contribution in [-0.2, 0) is 6.42 Å². The lowest BCUT2D eigenvalue weighted by Gasteiger charge is -2.09. The summed E-state index contributed by atoms with van der Waals surface area (Å²) in [6, 6.07) is 8.54. The molecule has 0 fully saturated rings. The molecule has 5 heteroatoms. The van der Waals surface area contributed by atoms with Crippen LogP contribution in [0.15, 0.2) is 35.7 Å². The molecule has 0 aliphatic rings. The molecule has 1 N–H and O–H groups in total. The van der Waals surface area contributed by atoms with Crippen LogP contribution in [0, 0.1) is 5.82 Å². The van der Waals surface area contributed by atoms with Crippen LogP contribution in [-0.4, -0.2) is 5.11 Å². The number of halogens is 2. The third-order valence-electron chi connectivity index (χ3n) is 2.92. The molecule has 0 bridgehead atoms. The van der Waals surface area contributed by atoms with E-state index >= 15 is 0 Å². The zero-order valence-electron chi connectivity index (χ0n) is 9.77. The fraction of sp³-hybridized carbons (Fsp3) is 0.143. The molecule has 1 nitrogen and oxygen atoms in total. The van der Waals surface area contributed by atoms with E-state index in [1.807, 2.05) is 17.5 Å². The van der Waals surface area contributed by atoms with Crippen LogP contribution in [0.2, 0.25) is 5.02 Å². The van der Waals surface area contributed by atoms with Gasteiger partial charge in [0, 0.05) is 25.7 Å². The van der Waals surface area contributed by atoms with Gasteiger partial charge in [-0.05, 0) is 35.2 Å². The fourth-order valence-electron chi connectivity index (χ4n) is 1.94. The van der Waals surface area contributed by atoms with Crippen molar-refractivity contribution >= 4 is 43.7 Å². The first-order valence-electron chi connectivity index (χ1n) is 5.72. The van der Waals surface area contributed by atoms with Crippen LogP contribution >= 0.6 is 34.3 Å². The van der Waals surface area contributed by atoms with Crippen molar-refractivity contribution in [3.05, 3.63) is 57.0 Å². The van der Waals surface area contributed by atoms with Gasteiger partial charge in [-0.25, -0.2) is 4.39 Å². The maximum Gasteiger partial charge on any atom is 0.127 e. The fourth-order valence-corrected chi connectivity index (χ4v) is 4.21. The van der Waals surface area contributed by atoms with Gasteiger partial charge in [-0.1, -0.05) is 17.7 Å². The predicted molar refractivity (Wildman–Crippen MR) is 79.8 cm³/mol. The summed E-state index contributed by atoms with van der Waals surface area (Å²) in [7, 11) is 0. The number of fused-ring (bicyclic) bond motifs is 1. The highest BCUT2D eigenvalue weighted by Crippen LogP contribution is 2.34. The third kappa shape index (κ3) is 2.67. The highest BCUT2D eigenvalue weighted by Gasteiger charge is 2.15. The molecule has 0 spiro atoms. The van der Waals surface area contributed by atoms with Crippen molar-refractivity contribution in [3.63, 3.8) is 0 Å². The molecular weight excluding hydrogens is 303 g/mol. The van der Waals surface area contributed by atoms with Crippen molar-refractivity contribution in [2.24, 2.45) is 0 Å². The van der Waals surface area contributed by atoms with Crippen LogP contribution in [0.25, 0.3) is 9.40 Å². The van der Waals surface area contributed by atoms with E-state index in [1.54, 1.807) is 34.8 Å². The van der Waals surface area contributed by atoms with Gasteiger partial charge >= 0.3 is 0 Å². The maximum absolute atomic E-state index is 13.7. The molecule has 19 heavy (non-hydrogen) atoms. The summed E-state index contributed by atoms with van der Waals surface area (Å²) >= 11 is 8.91. The van der Waals surface area contributed by atoms with Crippen molar-refractivity contribution in [1.29, 1.82) is 0 Å². The summed E-state index contributed by atoms with van der Waals surface area (Å²) in [5.41, 5.74) is 0.480. The Morgan fingerprint density at radius 2 is 2.05 bits per heavy atom.